The molecule has 1 fully saturated rings. The van der Waals surface area contributed by atoms with Crippen molar-refractivity contribution in [2.45, 2.75) is 36.5 Å². The number of nitrogens with one attached hydrogen (secondary N) is 1. The van der Waals surface area contributed by atoms with E-state index in [1.165, 1.54) is 36.5 Å². The number of amidine groups is 1. The van der Waals surface area contributed by atoms with Crippen molar-refractivity contribution in [3.05, 3.63) is 125 Å². The molecule has 1 saturated heterocycles. The Morgan fingerprint density at radius 2 is 1.60 bits per heavy atom. The van der Waals surface area contributed by atoms with Crippen molar-refractivity contribution in [2.75, 3.05) is 18.4 Å². The monoisotopic (exact) mass is 799 g/mol. The van der Waals surface area contributed by atoms with Gasteiger partial charge >= 0.3 is 6.18 Å². The van der Waals surface area contributed by atoms with Crippen LogP contribution in [0.2, 0.25) is 0 Å². The second-order valence-corrected chi connectivity index (χ2v) is 14.1. The number of nitriles is 1. The molecule has 12 nitrogen and oxygen atoms in total. The van der Waals surface area contributed by atoms with Crippen molar-refractivity contribution in [1.29, 1.82) is 5.26 Å². The Labute approximate surface area is 317 Å². The Morgan fingerprint density at radius 3 is 2.16 bits per heavy atom. The van der Waals surface area contributed by atoms with E-state index < -0.39 is 39.2 Å². The largest absolute Gasteiger partial charge is 0.435 e. The Hall–Kier alpha value is -5.90. The zero-order valence-corrected chi connectivity index (χ0v) is 30.3. The van der Waals surface area contributed by atoms with Crippen LogP contribution < -0.4 is 16.2 Å². The molecule has 19 heteroatoms. The second-order valence-electron chi connectivity index (χ2n) is 12.5. The van der Waals surface area contributed by atoms with Crippen molar-refractivity contribution in [3.63, 3.8) is 0 Å². The molecule has 0 saturated carbocycles. The van der Waals surface area contributed by atoms with Crippen LogP contribution in [0.3, 0.4) is 0 Å². The van der Waals surface area contributed by atoms with E-state index in [1.807, 2.05) is 13.0 Å². The lowest BCUT2D eigenvalue weighted by Gasteiger charge is -2.42. The summed E-state index contributed by atoms with van der Waals surface area (Å²) in [4.78, 5) is 22.5. The summed E-state index contributed by atoms with van der Waals surface area (Å²) in [5, 5.41) is 20.5. The number of likely N-dealkylation sites (tertiary alicyclic amines) is 1. The first kappa shape index (κ1) is 40.3. The van der Waals surface area contributed by atoms with Gasteiger partial charge in [-0.3, -0.25) is 4.79 Å². The molecule has 286 valence electrons. The maximum Gasteiger partial charge on any atom is 0.435 e. The predicted octanol–water partition coefficient (Wildman–Crippen LogP) is 5.93. The molecule has 7 rings (SSSR count). The van der Waals surface area contributed by atoms with E-state index in [2.05, 4.69) is 20.4 Å². The third-order valence-electron chi connectivity index (χ3n) is 8.81. The van der Waals surface area contributed by atoms with Gasteiger partial charge in [-0.2, -0.15) is 23.5 Å². The van der Waals surface area contributed by atoms with Crippen LogP contribution in [0.1, 0.15) is 45.7 Å². The van der Waals surface area contributed by atoms with Crippen LogP contribution >= 0.6 is 12.4 Å². The third-order valence-corrected chi connectivity index (χ3v) is 9.74. The number of carbonyl (C=O) groups is 1. The van der Waals surface area contributed by atoms with Crippen molar-refractivity contribution in [1.82, 2.24) is 19.7 Å². The van der Waals surface area contributed by atoms with Crippen molar-refractivity contribution >= 4 is 39.9 Å². The fourth-order valence-corrected chi connectivity index (χ4v) is 6.50. The van der Waals surface area contributed by atoms with Gasteiger partial charge in [-0.15, -0.1) is 12.4 Å². The topological polar surface area (TPSA) is 185 Å². The zero-order valence-electron chi connectivity index (χ0n) is 28.7. The van der Waals surface area contributed by atoms with Crippen LogP contribution in [-0.2, 0) is 16.2 Å². The number of nitrogens with two attached hydrogens (primary N) is 2. The van der Waals surface area contributed by atoms with Crippen LogP contribution in [0.5, 0.6) is 0 Å². The molecule has 1 spiro atoms. The van der Waals surface area contributed by atoms with Crippen molar-refractivity contribution in [2.24, 2.45) is 15.9 Å². The number of fused-ring (bicyclic) bond motifs is 1. The van der Waals surface area contributed by atoms with Crippen LogP contribution in [-0.4, -0.2) is 58.6 Å². The van der Waals surface area contributed by atoms with Gasteiger partial charge in [0.2, 0.25) is 10.0 Å². The number of nitrogens with zero attached hydrogens (tertiary/aromatic N) is 6. The maximum atomic E-state index is 14.2. The normalized spacial score (nSPS) is 14.7. The first-order valence-electron chi connectivity index (χ1n) is 16.1. The van der Waals surface area contributed by atoms with Gasteiger partial charge in [0.15, 0.2) is 5.69 Å². The predicted molar refractivity (Wildman–Crippen MR) is 195 cm³/mol. The minimum absolute atomic E-state index is 0. The molecule has 0 radical (unpaired) electrons. The van der Waals surface area contributed by atoms with Gasteiger partial charge in [-0.1, -0.05) is 29.8 Å². The lowest BCUT2D eigenvalue weighted by atomic mass is 9.93. The molecule has 2 aliphatic heterocycles. The van der Waals surface area contributed by atoms with Crippen molar-refractivity contribution < 1.29 is 35.2 Å². The van der Waals surface area contributed by atoms with Crippen LogP contribution in [0, 0.1) is 29.9 Å². The smallest absolute Gasteiger partial charge is 0.383 e. The number of amides is 1. The first-order chi connectivity index (χ1) is 25.5. The SMILES string of the molecule is Cc1ccc(-c2cc(C(F)(F)F)nn2-c2ccc(S(N)(=O)=O)cc2)cc1.Cl.N#Cc1ccc(C(=O)N2CCC3(CC2)N=C(N)c2c(F)ccc(F)c2N3)cn1. The summed E-state index contributed by atoms with van der Waals surface area (Å²) in [6.45, 7) is 2.58. The molecule has 0 unspecified atom stereocenters. The average molecular weight is 800 g/mol. The lowest BCUT2D eigenvalue weighted by molar-refractivity contribution is -0.141. The molecule has 4 heterocycles. The van der Waals surface area contributed by atoms with Crippen LogP contribution in [0.15, 0.2) is 94.9 Å². The number of hydrogen-bond donors (Lipinski definition) is 3. The number of pyridine rings is 1. The molecular weight excluding hydrogens is 769 g/mol. The number of sulfonamides is 1. The summed E-state index contributed by atoms with van der Waals surface area (Å²) in [5.74, 6) is -1.50. The summed E-state index contributed by atoms with van der Waals surface area (Å²) in [6.07, 6.45) is -2.46. The van der Waals surface area contributed by atoms with E-state index in [1.54, 1.807) is 35.2 Å². The number of piperidine rings is 1. The first-order valence-corrected chi connectivity index (χ1v) is 17.7. The molecule has 5 N–H and O–H groups in total. The molecule has 2 aromatic heterocycles. The molecule has 0 aliphatic carbocycles. The number of aliphatic imine (C=N–C) groups is 1. The summed E-state index contributed by atoms with van der Waals surface area (Å²) in [6, 6.07) is 20.1. The number of aryl methyl sites for hydroxylation is 1. The van der Waals surface area contributed by atoms with Gasteiger partial charge in [-0.05, 0) is 61.5 Å². The third kappa shape index (κ3) is 8.59. The number of primary sulfonamides is 1. The van der Waals surface area contributed by atoms with Gasteiger partial charge in [0.1, 0.15) is 34.9 Å². The van der Waals surface area contributed by atoms with Gasteiger partial charge in [0, 0.05) is 37.7 Å². The van der Waals surface area contributed by atoms with Gasteiger partial charge < -0.3 is 16.0 Å². The Bertz CT molecular complexity index is 2410. The number of carbonyl (C=O) groups excluding carboxylic acids is 1. The van der Waals surface area contributed by atoms with E-state index in [0.29, 0.717) is 37.1 Å². The molecule has 0 bridgehead atoms. The molecule has 1 amide bonds. The number of anilines is 1. The highest BCUT2D eigenvalue weighted by molar-refractivity contribution is 7.89. The van der Waals surface area contributed by atoms with Crippen LogP contribution in [0.25, 0.3) is 16.9 Å². The van der Waals surface area contributed by atoms with E-state index in [9.17, 15) is 35.2 Å². The molecule has 0 atom stereocenters. The number of alkyl halides is 3. The highest BCUT2D eigenvalue weighted by Crippen LogP contribution is 2.37. The summed E-state index contributed by atoms with van der Waals surface area (Å²) in [5.41, 5.74) is 6.59. The standard InChI is InChI=1S/C19H16F2N6O.C17H14F3N3O2S.ClH/c20-13-3-4-14(21)16-15(13)17(23)26-19(25-16)5-7-27(8-6-19)18(28)11-1-2-12(9-22)24-10-11;1-11-2-4-12(5-3-11)15-10-16(17(18,19)20)22-23(15)13-6-8-14(9-7-13)26(21,24)25;/h1-4,10,25H,5-8H2,(H2,23,26);2-10H,1H3,(H2,21,24,25);1H. The molecular formula is C36H31ClF5N9O3S. The fraction of sp³-hybridized carbons (Fsp3) is 0.194. The van der Waals surface area contributed by atoms with E-state index in [0.717, 1.165) is 28.4 Å². The van der Waals surface area contributed by atoms with E-state index in [-0.39, 0.29) is 57.4 Å². The summed E-state index contributed by atoms with van der Waals surface area (Å²) >= 11 is 0. The van der Waals surface area contributed by atoms with Gasteiger partial charge in [0.25, 0.3) is 5.91 Å². The Morgan fingerprint density at radius 1 is 0.964 bits per heavy atom. The van der Waals surface area contributed by atoms with E-state index >= 15 is 0 Å². The number of rotatable bonds is 4. The average Bonchev–Trinajstić information content (AvgIpc) is 3.60. The summed E-state index contributed by atoms with van der Waals surface area (Å²) < 4.78 is 91.4. The Kier molecular flexibility index (Phi) is 11.3. The molecule has 55 heavy (non-hydrogen) atoms. The number of hydrogen-bond acceptors (Lipinski definition) is 9. The highest BCUT2D eigenvalue weighted by Gasteiger charge is 2.41. The molecule has 5 aromatic rings. The number of benzene rings is 3. The molecule has 3 aromatic carbocycles. The number of aromatic nitrogens is 3. The highest BCUT2D eigenvalue weighted by atomic mass is 35.5. The second kappa shape index (κ2) is 15.5. The number of halogens is 6. The van der Waals surface area contributed by atoms with E-state index in [4.69, 9.17) is 16.1 Å². The van der Waals surface area contributed by atoms with Gasteiger partial charge in [0.05, 0.1) is 33.1 Å². The zero-order chi connectivity index (χ0) is 39.0. The fourth-order valence-electron chi connectivity index (χ4n) is 5.98. The van der Waals surface area contributed by atoms with Crippen LogP contribution in [0.4, 0.5) is 27.6 Å². The van der Waals surface area contributed by atoms with Crippen molar-refractivity contribution in [3.8, 4) is 23.0 Å². The molecule has 2 aliphatic rings. The lowest BCUT2D eigenvalue weighted by Crippen LogP contribution is -2.52. The van der Waals surface area contributed by atoms with Gasteiger partial charge in [-0.25, -0.2) is 37.0 Å². The quantitative estimate of drug-likeness (QED) is 0.187. The minimum atomic E-state index is -4.61. The maximum absolute atomic E-state index is 14.2. The minimum Gasteiger partial charge on any atom is -0.383 e. The Balaban J connectivity index is 0.000000208. The summed E-state index contributed by atoms with van der Waals surface area (Å²) in [7, 11) is -3.90.